The molecule has 0 spiro atoms. The minimum absolute atomic E-state index is 0.0257. The van der Waals surface area contributed by atoms with Gasteiger partial charge >= 0.3 is 6.18 Å². The van der Waals surface area contributed by atoms with Gasteiger partial charge in [-0.15, -0.1) is 0 Å². The smallest absolute Gasteiger partial charge is 0.349 e. The highest BCUT2D eigenvalue weighted by Crippen LogP contribution is 2.32. The lowest BCUT2D eigenvalue weighted by molar-refractivity contribution is -0.137. The molecular weight excluding hydrogens is 582 g/mol. The van der Waals surface area contributed by atoms with E-state index >= 15 is 0 Å². The first kappa shape index (κ1) is 32.6. The number of hydrogen-bond donors (Lipinski definition) is 3. The monoisotopic (exact) mass is 619 g/mol. The fraction of sp³-hybridized carbons (Fsp3) is 0.406. The van der Waals surface area contributed by atoms with Gasteiger partial charge in [0.2, 0.25) is 15.9 Å². The highest BCUT2D eigenvalue weighted by Gasteiger charge is 2.31. The van der Waals surface area contributed by atoms with Crippen LogP contribution in [0, 0.1) is 5.82 Å². The molecule has 232 valence electrons. The number of rotatable bonds is 10. The molecule has 0 aromatic heterocycles. The van der Waals surface area contributed by atoms with Crippen molar-refractivity contribution in [1.82, 2.24) is 15.4 Å². The van der Waals surface area contributed by atoms with Gasteiger partial charge < -0.3 is 10.6 Å². The van der Waals surface area contributed by atoms with Gasteiger partial charge in [-0.3, -0.25) is 4.79 Å². The number of sulfonamides is 1. The topological polar surface area (TPSA) is 87.3 Å². The molecule has 1 aliphatic rings. The number of nitrogens with one attached hydrogen (secondary N) is 3. The van der Waals surface area contributed by atoms with E-state index in [1.807, 2.05) is 12.1 Å². The van der Waals surface area contributed by atoms with Crippen LogP contribution in [0.1, 0.15) is 85.5 Å². The van der Waals surface area contributed by atoms with Gasteiger partial charge in [-0.2, -0.15) is 13.2 Å². The Hall–Kier alpha value is -3.28. The van der Waals surface area contributed by atoms with Crippen molar-refractivity contribution in [2.75, 3.05) is 0 Å². The predicted molar refractivity (Wildman–Crippen MR) is 158 cm³/mol. The van der Waals surface area contributed by atoms with Gasteiger partial charge in [-0.1, -0.05) is 48.5 Å². The van der Waals surface area contributed by atoms with E-state index in [2.05, 4.69) is 42.2 Å². The quantitative estimate of drug-likeness (QED) is 0.227. The van der Waals surface area contributed by atoms with Gasteiger partial charge in [-0.25, -0.2) is 17.5 Å². The van der Waals surface area contributed by atoms with Crippen molar-refractivity contribution in [3.05, 3.63) is 106 Å². The van der Waals surface area contributed by atoms with Crippen molar-refractivity contribution in [2.45, 2.75) is 82.6 Å². The summed E-state index contributed by atoms with van der Waals surface area (Å²) in [5.74, 6) is -1.67. The molecule has 4 rings (SSSR count). The van der Waals surface area contributed by atoms with E-state index in [1.165, 1.54) is 18.2 Å². The SMILES string of the molecule is CC(C)(C)NCc1ccc2c(c1)CCC[C@H]2NC(=O)C[C@@H](NS(=O)(=O)Cc1cccc(C(F)(F)F)c1)c1ccc(F)cc1. The average Bonchev–Trinajstić information content (AvgIpc) is 2.91. The lowest BCUT2D eigenvalue weighted by Crippen LogP contribution is -2.37. The summed E-state index contributed by atoms with van der Waals surface area (Å²) < 4.78 is 81.7. The Kier molecular flexibility index (Phi) is 9.98. The second-order valence-corrected chi connectivity index (χ2v) is 13.8. The number of hydrogen-bond acceptors (Lipinski definition) is 4. The van der Waals surface area contributed by atoms with E-state index in [0.717, 1.165) is 66.3 Å². The standard InChI is InChI=1S/C32H37F4N3O3S/c1-31(2,3)37-19-21-10-15-27-24(16-21)7-5-9-28(27)38-30(40)18-29(23-11-13-26(33)14-12-23)39-43(41,42)20-22-6-4-8-25(17-22)32(34,35)36/h4,6,8,10-17,28-29,37,39H,5,7,9,18-20H2,1-3H3,(H,38,40)/t28-,29-/m1/s1. The van der Waals surface area contributed by atoms with Crippen LogP contribution < -0.4 is 15.4 Å². The predicted octanol–water partition coefficient (Wildman–Crippen LogP) is 6.48. The molecule has 0 heterocycles. The van der Waals surface area contributed by atoms with Crippen LogP contribution >= 0.6 is 0 Å². The van der Waals surface area contributed by atoms with Gasteiger partial charge in [0.15, 0.2) is 0 Å². The maximum atomic E-state index is 13.6. The number of alkyl halides is 3. The summed E-state index contributed by atoms with van der Waals surface area (Å²) in [5, 5.41) is 6.51. The molecular formula is C32H37F4N3O3S. The number of fused-ring (bicyclic) bond motifs is 1. The number of carbonyl (C=O) groups is 1. The summed E-state index contributed by atoms with van der Waals surface area (Å²) in [6.07, 6.45) is -2.42. The van der Waals surface area contributed by atoms with Crippen molar-refractivity contribution in [3.63, 3.8) is 0 Å². The Bertz CT molecular complexity index is 1530. The average molecular weight is 620 g/mol. The van der Waals surface area contributed by atoms with Crippen LogP contribution in [0.4, 0.5) is 17.6 Å². The summed E-state index contributed by atoms with van der Waals surface area (Å²) in [5.41, 5.74) is 2.63. The number of benzene rings is 3. The lowest BCUT2D eigenvalue weighted by atomic mass is 9.86. The van der Waals surface area contributed by atoms with Crippen LogP contribution in [0.2, 0.25) is 0 Å². The Balaban J connectivity index is 1.49. The Labute approximate surface area is 250 Å². The van der Waals surface area contributed by atoms with Crippen LogP contribution in [-0.2, 0) is 39.7 Å². The first-order valence-electron chi connectivity index (χ1n) is 14.2. The van der Waals surface area contributed by atoms with Gasteiger partial charge in [0.25, 0.3) is 0 Å². The van der Waals surface area contributed by atoms with Crippen molar-refractivity contribution < 1.29 is 30.8 Å². The highest BCUT2D eigenvalue weighted by atomic mass is 32.2. The second kappa shape index (κ2) is 13.2. The zero-order valence-corrected chi connectivity index (χ0v) is 25.2. The highest BCUT2D eigenvalue weighted by molar-refractivity contribution is 7.88. The molecule has 0 bridgehead atoms. The molecule has 3 aromatic rings. The Morgan fingerprint density at radius 1 is 0.977 bits per heavy atom. The lowest BCUT2D eigenvalue weighted by Gasteiger charge is -2.28. The zero-order valence-electron chi connectivity index (χ0n) is 24.4. The molecule has 0 aliphatic heterocycles. The van der Waals surface area contributed by atoms with Gasteiger partial charge in [-0.05, 0) is 86.1 Å². The maximum Gasteiger partial charge on any atom is 0.416 e. The van der Waals surface area contributed by atoms with Crippen LogP contribution in [0.25, 0.3) is 0 Å². The fourth-order valence-corrected chi connectivity index (χ4v) is 6.53. The molecule has 1 amide bonds. The van der Waals surface area contributed by atoms with Gasteiger partial charge in [0.05, 0.1) is 23.4 Å². The van der Waals surface area contributed by atoms with Crippen molar-refractivity contribution in [1.29, 1.82) is 0 Å². The number of halogens is 4. The molecule has 11 heteroatoms. The largest absolute Gasteiger partial charge is 0.416 e. The van der Waals surface area contributed by atoms with Crippen LogP contribution in [0.3, 0.4) is 0 Å². The fourth-order valence-electron chi connectivity index (χ4n) is 5.17. The van der Waals surface area contributed by atoms with E-state index < -0.39 is 45.3 Å². The molecule has 0 saturated heterocycles. The maximum absolute atomic E-state index is 13.6. The normalized spacial score (nSPS) is 16.4. The van der Waals surface area contributed by atoms with Crippen molar-refractivity contribution >= 4 is 15.9 Å². The van der Waals surface area contributed by atoms with E-state index in [4.69, 9.17) is 0 Å². The zero-order chi connectivity index (χ0) is 31.4. The summed E-state index contributed by atoms with van der Waals surface area (Å²) in [4.78, 5) is 13.3. The summed E-state index contributed by atoms with van der Waals surface area (Å²) in [6, 6.07) is 14.0. The third kappa shape index (κ3) is 9.61. The molecule has 2 atom stereocenters. The Morgan fingerprint density at radius 3 is 2.37 bits per heavy atom. The minimum Gasteiger partial charge on any atom is -0.349 e. The van der Waals surface area contributed by atoms with Gasteiger partial charge in [0, 0.05) is 18.5 Å². The third-order valence-electron chi connectivity index (χ3n) is 7.27. The molecule has 1 aliphatic carbocycles. The molecule has 3 N–H and O–H groups in total. The molecule has 0 saturated carbocycles. The second-order valence-electron chi connectivity index (χ2n) is 12.0. The van der Waals surface area contributed by atoms with Crippen molar-refractivity contribution in [2.24, 2.45) is 0 Å². The first-order chi connectivity index (χ1) is 20.1. The number of carbonyl (C=O) groups excluding carboxylic acids is 1. The summed E-state index contributed by atoms with van der Waals surface area (Å²) in [6.45, 7) is 7.01. The molecule has 6 nitrogen and oxygen atoms in total. The number of aryl methyl sites for hydroxylation is 1. The molecule has 3 aromatic carbocycles. The molecule has 0 fully saturated rings. The van der Waals surface area contributed by atoms with Crippen LogP contribution in [0.15, 0.2) is 66.7 Å². The van der Waals surface area contributed by atoms with E-state index in [9.17, 15) is 30.8 Å². The number of amides is 1. The minimum atomic E-state index is -4.62. The molecule has 0 unspecified atom stereocenters. The third-order valence-corrected chi connectivity index (χ3v) is 8.63. The first-order valence-corrected chi connectivity index (χ1v) is 15.8. The van der Waals surface area contributed by atoms with Crippen LogP contribution in [-0.4, -0.2) is 19.9 Å². The van der Waals surface area contributed by atoms with E-state index in [0.29, 0.717) is 12.1 Å². The Morgan fingerprint density at radius 2 is 1.70 bits per heavy atom. The van der Waals surface area contributed by atoms with E-state index in [1.54, 1.807) is 0 Å². The van der Waals surface area contributed by atoms with Crippen LogP contribution in [0.5, 0.6) is 0 Å². The van der Waals surface area contributed by atoms with Crippen molar-refractivity contribution in [3.8, 4) is 0 Å². The molecule has 0 radical (unpaired) electrons. The van der Waals surface area contributed by atoms with Gasteiger partial charge in [0.1, 0.15) is 5.82 Å². The summed E-state index contributed by atoms with van der Waals surface area (Å²) in [7, 11) is -4.20. The molecule has 43 heavy (non-hydrogen) atoms. The summed E-state index contributed by atoms with van der Waals surface area (Å²) >= 11 is 0. The van der Waals surface area contributed by atoms with E-state index in [-0.39, 0.29) is 23.6 Å².